The maximum Gasteiger partial charge on any atom is 0.404 e. The molecule has 120 valence electrons. The Morgan fingerprint density at radius 1 is 1.39 bits per heavy atom. The van der Waals surface area contributed by atoms with Gasteiger partial charge in [-0.3, -0.25) is 4.98 Å². The number of aryl methyl sites for hydroxylation is 2. The van der Waals surface area contributed by atoms with Gasteiger partial charge < -0.3 is 15.2 Å². The summed E-state index contributed by atoms with van der Waals surface area (Å²) in [5.74, 6) is 1.00. The van der Waals surface area contributed by atoms with E-state index in [1.54, 1.807) is 0 Å². The molecule has 0 saturated heterocycles. The molecule has 0 bridgehead atoms. The SMILES string of the molecule is Cc1cc(-c2cccc3c2OCC[C@H]3CNC(=O)O)c(C)cn1. The largest absolute Gasteiger partial charge is 0.493 e. The van der Waals surface area contributed by atoms with E-state index in [0.717, 1.165) is 40.1 Å². The lowest BCUT2D eigenvalue weighted by molar-refractivity contribution is 0.191. The van der Waals surface area contributed by atoms with Crippen LogP contribution in [0.15, 0.2) is 30.5 Å². The third-order valence-corrected chi connectivity index (χ3v) is 4.23. The monoisotopic (exact) mass is 312 g/mol. The van der Waals surface area contributed by atoms with Gasteiger partial charge in [-0.1, -0.05) is 18.2 Å². The quantitative estimate of drug-likeness (QED) is 0.910. The minimum atomic E-state index is -0.991. The van der Waals surface area contributed by atoms with Crippen molar-refractivity contribution >= 4 is 6.09 Å². The number of benzene rings is 1. The van der Waals surface area contributed by atoms with Crippen molar-refractivity contribution in [3.8, 4) is 16.9 Å². The molecule has 3 rings (SSSR count). The van der Waals surface area contributed by atoms with Crippen molar-refractivity contribution < 1.29 is 14.6 Å². The number of hydrogen-bond donors (Lipinski definition) is 2. The fraction of sp³-hybridized carbons (Fsp3) is 0.333. The molecular weight excluding hydrogens is 292 g/mol. The van der Waals surface area contributed by atoms with E-state index in [4.69, 9.17) is 9.84 Å². The van der Waals surface area contributed by atoms with Gasteiger partial charge >= 0.3 is 6.09 Å². The third kappa shape index (κ3) is 3.13. The maximum absolute atomic E-state index is 10.8. The van der Waals surface area contributed by atoms with Gasteiger partial charge in [-0.2, -0.15) is 0 Å². The van der Waals surface area contributed by atoms with Crippen molar-refractivity contribution in [3.63, 3.8) is 0 Å². The molecule has 1 aromatic carbocycles. The number of hydrogen-bond acceptors (Lipinski definition) is 3. The summed E-state index contributed by atoms with van der Waals surface area (Å²) < 4.78 is 5.95. The Labute approximate surface area is 135 Å². The molecule has 1 aliphatic heterocycles. The summed E-state index contributed by atoms with van der Waals surface area (Å²) in [6.45, 7) is 5.01. The molecule has 5 heteroatoms. The molecule has 23 heavy (non-hydrogen) atoms. The van der Waals surface area contributed by atoms with E-state index < -0.39 is 6.09 Å². The Bertz CT molecular complexity index is 743. The molecule has 0 unspecified atom stereocenters. The number of amides is 1. The molecule has 0 fully saturated rings. The van der Waals surface area contributed by atoms with Gasteiger partial charge in [0.2, 0.25) is 0 Å². The summed E-state index contributed by atoms with van der Waals surface area (Å²) in [6, 6.07) is 8.14. The van der Waals surface area contributed by atoms with E-state index in [-0.39, 0.29) is 5.92 Å². The lowest BCUT2D eigenvalue weighted by Gasteiger charge is -2.28. The summed E-state index contributed by atoms with van der Waals surface area (Å²) >= 11 is 0. The van der Waals surface area contributed by atoms with Gasteiger partial charge in [-0.15, -0.1) is 0 Å². The number of para-hydroxylation sites is 1. The highest BCUT2D eigenvalue weighted by molar-refractivity contribution is 5.75. The fourth-order valence-corrected chi connectivity index (χ4v) is 3.05. The number of aromatic nitrogens is 1. The van der Waals surface area contributed by atoms with Crippen LogP contribution >= 0.6 is 0 Å². The zero-order valence-electron chi connectivity index (χ0n) is 13.3. The molecule has 5 nitrogen and oxygen atoms in total. The van der Waals surface area contributed by atoms with E-state index in [9.17, 15) is 4.79 Å². The Morgan fingerprint density at radius 3 is 3.00 bits per heavy atom. The highest BCUT2D eigenvalue weighted by atomic mass is 16.5. The first-order valence-electron chi connectivity index (χ1n) is 7.72. The van der Waals surface area contributed by atoms with Gasteiger partial charge in [0.15, 0.2) is 0 Å². The van der Waals surface area contributed by atoms with Crippen LogP contribution in [-0.4, -0.2) is 29.3 Å². The number of nitrogens with one attached hydrogen (secondary N) is 1. The highest BCUT2D eigenvalue weighted by Gasteiger charge is 2.25. The lowest BCUT2D eigenvalue weighted by atomic mass is 9.89. The minimum Gasteiger partial charge on any atom is -0.493 e. The van der Waals surface area contributed by atoms with Crippen LogP contribution in [0.4, 0.5) is 4.79 Å². The summed E-state index contributed by atoms with van der Waals surface area (Å²) in [6.07, 6.45) is 1.69. The van der Waals surface area contributed by atoms with Crippen molar-refractivity contribution in [1.82, 2.24) is 10.3 Å². The first-order valence-corrected chi connectivity index (χ1v) is 7.72. The Balaban J connectivity index is 2.03. The van der Waals surface area contributed by atoms with Crippen molar-refractivity contribution in [2.24, 2.45) is 0 Å². The number of rotatable bonds is 3. The predicted molar refractivity (Wildman–Crippen MR) is 88.0 cm³/mol. The molecule has 1 atom stereocenters. The number of carboxylic acid groups (broad SMARTS) is 1. The van der Waals surface area contributed by atoms with Gasteiger partial charge in [-0.05, 0) is 43.0 Å². The lowest BCUT2D eigenvalue weighted by Crippen LogP contribution is -2.29. The maximum atomic E-state index is 10.8. The van der Waals surface area contributed by atoms with E-state index in [2.05, 4.69) is 16.4 Å². The van der Waals surface area contributed by atoms with Gasteiger partial charge in [0.1, 0.15) is 5.75 Å². The second-order valence-electron chi connectivity index (χ2n) is 5.88. The van der Waals surface area contributed by atoms with E-state index >= 15 is 0 Å². The fourth-order valence-electron chi connectivity index (χ4n) is 3.05. The molecule has 2 heterocycles. The van der Waals surface area contributed by atoms with Crippen LogP contribution in [-0.2, 0) is 0 Å². The van der Waals surface area contributed by atoms with E-state index in [0.29, 0.717) is 13.2 Å². The first-order chi connectivity index (χ1) is 11.1. The summed E-state index contributed by atoms with van der Waals surface area (Å²) in [5, 5.41) is 11.3. The summed E-state index contributed by atoms with van der Waals surface area (Å²) in [7, 11) is 0. The Hall–Kier alpha value is -2.56. The second kappa shape index (κ2) is 6.28. The average Bonchev–Trinajstić information content (AvgIpc) is 2.54. The van der Waals surface area contributed by atoms with Gasteiger partial charge in [0, 0.05) is 29.9 Å². The standard InChI is InChI=1S/C18H20N2O3/c1-11-9-19-12(2)8-16(11)15-5-3-4-14-13(10-20-18(21)22)6-7-23-17(14)15/h3-5,8-9,13,20H,6-7,10H2,1-2H3,(H,21,22)/t13-/m0/s1. The van der Waals surface area contributed by atoms with Crippen LogP contribution in [0.5, 0.6) is 5.75 Å². The third-order valence-electron chi connectivity index (χ3n) is 4.23. The van der Waals surface area contributed by atoms with Crippen molar-refractivity contribution in [2.75, 3.05) is 13.2 Å². The molecule has 2 aromatic rings. The molecular formula is C18H20N2O3. The summed E-state index contributed by atoms with van der Waals surface area (Å²) in [4.78, 5) is 15.1. The molecule has 0 radical (unpaired) electrons. The zero-order valence-corrected chi connectivity index (χ0v) is 13.3. The van der Waals surface area contributed by atoms with E-state index in [1.165, 1.54) is 0 Å². The average molecular weight is 312 g/mol. The molecule has 1 amide bonds. The van der Waals surface area contributed by atoms with Crippen molar-refractivity contribution in [1.29, 1.82) is 0 Å². The number of fused-ring (bicyclic) bond motifs is 1. The van der Waals surface area contributed by atoms with Gasteiger partial charge in [0.25, 0.3) is 0 Å². The zero-order chi connectivity index (χ0) is 16.4. The Morgan fingerprint density at radius 2 is 2.22 bits per heavy atom. The normalized spacial score (nSPS) is 16.3. The number of pyridine rings is 1. The Kier molecular flexibility index (Phi) is 4.19. The van der Waals surface area contributed by atoms with Crippen LogP contribution in [0.3, 0.4) is 0 Å². The van der Waals surface area contributed by atoms with Crippen molar-refractivity contribution in [3.05, 3.63) is 47.3 Å². The first kappa shape index (κ1) is 15.3. The number of carbonyl (C=O) groups is 1. The topological polar surface area (TPSA) is 71.5 Å². The molecule has 2 N–H and O–H groups in total. The number of ether oxygens (including phenoxy) is 1. The molecule has 0 aliphatic carbocycles. The van der Waals surface area contributed by atoms with Crippen LogP contribution in [0.2, 0.25) is 0 Å². The van der Waals surface area contributed by atoms with E-state index in [1.807, 2.05) is 38.2 Å². The number of nitrogens with zero attached hydrogens (tertiary/aromatic N) is 1. The van der Waals surface area contributed by atoms with Crippen LogP contribution < -0.4 is 10.1 Å². The molecule has 0 saturated carbocycles. The summed E-state index contributed by atoms with van der Waals surface area (Å²) in [5.41, 5.74) is 5.28. The highest BCUT2D eigenvalue weighted by Crippen LogP contribution is 2.41. The van der Waals surface area contributed by atoms with Crippen molar-refractivity contribution in [2.45, 2.75) is 26.2 Å². The minimum absolute atomic E-state index is 0.137. The van der Waals surface area contributed by atoms with Crippen LogP contribution in [0, 0.1) is 13.8 Å². The molecule has 0 spiro atoms. The second-order valence-corrected chi connectivity index (χ2v) is 5.88. The van der Waals surface area contributed by atoms with Crippen LogP contribution in [0.25, 0.3) is 11.1 Å². The molecule has 1 aromatic heterocycles. The van der Waals surface area contributed by atoms with Crippen LogP contribution in [0.1, 0.15) is 29.2 Å². The smallest absolute Gasteiger partial charge is 0.404 e. The van der Waals surface area contributed by atoms with Gasteiger partial charge in [-0.25, -0.2) is 4.79 Å². The van der Waals surface area contributed by atoms with Gasteiger partial charge in [0.05, 0.1) is 6.61 Å². The molecule has 1 aliphatic rings. The predicted octanol–water partition coefficient (Wildman–Crippen LogP) is 3.50.